The Hall–Kier alpha value is -1.09. The lowest BCUT2D eigenvalue weighted by atomic mass is 9.98. The Labute approximate surface area is 129 Å². The first-order chi connectivity index (χ1) is 9.47. The molecule has 0 aliphatic heterocycles. The SMILES string of the molecule is CC(C)c1ccc(CC(N)c2ncc(Cl)cc2Cl)cc1. The van der Waals surface area contributed by atoms with Gasteiger partial charge >= 0.3 is 0 Å². The zero-order chi connectivity index (χ0) is 14.7. The Balaban J connectivity index is 2.12. The molecule has 0 radical (unpaired) electrons. The van der Waals surface area contributed by atoms with E-state index in [1.165, 1.54) is 11.1 Å². The van der Waals surface area contributed by atoms with Crippen LogP contribution in [0.15, 0.2) is 36.5 Å². The maximum atomic E-state index is 6.19. The Morgan fingerprint density at radius 2 is 1.80 bits per heavy atom. The molecule has 0 saturated heterocycles. The largest absolute Gasteiger partial charge is 0.322 e. The third kappa shape index (κ3) is 3.72. The molecule has 2 aromatic rings. The number of aromatic nitrogens is 1. The molecule has 1 heterocycles. The predicted molar refractivity (Wildman–Crippen MR) is 85.4 cm³/mol. The third-order valence-corrected chi connectivity index (χ3v) is 3.80. The molecule has 1 atom stereocenters. The van der Waals surface area contributed by atoms with Gasteiger partial charge in [-0.3, -0.25) is 4.98 Å². The molecule has 0 bridgehead atoms. The number of hydrogen-bond donors (Lipinski definition) is 1. The predicted octanol–water partition coefficient (Wildman–Crippen LogP) is 4.75. The molecule has 2 nitrogen and oxygen atoms in total. The van der Waals surface area contributed by atoms with Crippen LogP contribution in [0.3, 0.4) is 0 Å². The summed E-state index contributed by atoms with van der Waals surface area (Å²) in [5, 5.41) is 1.04. The van der Waals surface area contributed by atoms with Gasteiger partial charge in [-0.25, -0.2) is 0 Å². The second kappa shape index (κ2) is 6.57. The topological polar surface area (TPSA) is 38.9 Å². The van der Waals surface area contributed by atoms with Gasteiger partial charge in [0.2, 0.25) is 0 Å². The maximum absolute atomic E-state index is 6.19. The number of rotatable bonds is 4. The first kappa shape index (κ1) is 15.3. The quantitative estimate of drug-likeness (QED) is 0.885. The molecule has 0 fully saturated rings. The molecule has 20 heavy (non-hydrogen) atoms. The fourth-order valence-electron chi connectivity index (χ4n) is 2.09. The average molecular weight is 309 g/mol. The van der Waals surface area contributed by atoms with Crippen molar-refractivity contribution in [2.24, 2.45) is 5.73 Å². The Kier molecular flexibility index (Phi) is 5.03. The molecule has 0 amide bonds. The van der Waals surface area contributed by atoms with Crippen molar-refractivity contribution < 1.29 is 0 Å². The average Bonchev–Trinajstić information content (AvgIpc) is 2.39. The third-order valence-electron chi connectivity index (χ3n) is 3.29. The minimum absolute atomic E-state index is 0.232. The van der Waals surface area contributed by atoms with Crippen molar-refractivity contribution in [2.75, 3.05) is 0 Å². The van der Waals surface area contributed by atoms with Crippen molar-refractivity contribution in [2.45, 2.75) is 32.2 Å². The van der Waals surface area contributed by atoms with E-state index in [0.29, 0.717) is 28.1 Å². The van der Waals surface area contributed by atoms with Gasteiger partial charge in [0.25, 0.3) is 0 Å². The van der Waals surface area contributed by atoms with E-state index < -0.39 is 0 Å². The molecule has 1 aromatic heterocycles. The lowest BCUT2D eigenvalue weighted by Crippen LogP contribution is -2.15. The van der Waals surface area contributed by atoms with Crippen molar-refractivity contribution in [3.8, 4) is 0 Å². The summed E-state index contributed by atoms with van der Waals surface area (Å²) in [6.45, 7) is 4.36. The van der Waals surface area contributed by atoms with Crippen molar-refractivity contribution in [3.05, 3.63) is 63.4 Å². The smallest absolute Gasteiger partial charge is 0.0761 e. The molecule has 2 rings (SSSR count). The highest BCUT2D eigenvalue weighted by molar-refractivity contribution is 6.34. The van der Waals surface area contributed by atoms with Crippen LogP contribution < -0.4 is 5.73 Å². The monoisotopic (exact) mass is 308 g/mol. The Bertz CT molecular complexity index is 580. The zero-order valence-corrected chi connectivity index (χ0v) is 13.1. The van der Waals surface area contributed by atoms with E-state index in [4.69, 9.17) is 28.9 Å². The van der Waals surface area contributed by atoms with Crippen LogP contribution in [0.2, 0.25) is 10.0 Å². The molecular formula is C16H18Cl2N2. The molecule has 106 valence electrons. The number of benzene rings is 1. The Morgan fingerprint density at radius 3 is 2.35 bits per heavy atom. The van der Waals surface area contributed by atoms with E-state index >= 15 is 0 Å². The number of hydrogen-bond acceptors (Lipinski definition) is 2. The van der Waals surface area contributed by atoms with Crippen LogP contribution in [-0.4, -0.2) is 4.98 Å². The van der Waals surface area contributed by atoms with Gasteiger partial charge in [-0.15, -0.1) is 0 Å². The van der Waals surface area contributed by atoms with E-state index in [2.05, 4.69) is 43.1 Å². The van der Waals surface area contributed by atoms with Crippen LogP contribution in [-0.2, 0) is 6.42 Å². The maximum Gasteiger partial charge on any atom is 0.0761 e. The molecule has 0 saturated carbocycles. The summed E-state index contributed by atoms with van der Waals surface area (Å²) < 4.78 is 0. The summed E-state index contributed by atoms with van der Waals surface area (Å²) in [5.74, 6) is 0.532. The van der Waals surface area contributed by atoms with Gasteiger partial charge in [0.15, 0.2) is 0 Å². The number of nitrogens with two attached hydrogens (primary N) is 1. The number of halogens is 2. The summed E-state index contributed by atoms with van der Waals surface area (Å²) in [7, 11) is 0. The first-order valence-corrected chi connectivity index (χ1v) is 7.38. The molecule has 0 spiro atoms. The summed E-state index contributed by atoms with van der Waals surface area (Å²) in [5.41, 5.74) is 9.37. The minimum atomic E-state index is -0.232. The lowest BCUT2D eigenvalue weighted by molar-refractivity contribution is 0.696. The van der Waals surface area contributed by atoms with Crippen molar-refractivity contribution in [3.63, 3.8) is 0 Å². The molecule has 1 unspecified atom stereocenters. The molecule has 2 N–H and O–H groups in total. The van der Waals surface area contributed by atoms with Crippen LogP contribution in [0.1, 0.15) is 42.6 Å². The summed E-state index contributed by atoms with van der Waals surface area (Å²) in [4.78, 5) is 4.23. The van der Waals surface area contributed by atoms with E-state index in [9.17, 15) is 0 Å². The first-order valence-electron chi connectivity index (χ1n) is 6.62. The van der Waals surface area contributed by atoms with Gasteiger partial charge in [0, 0.05) is 6.20 Å². The Morgan fingerprint density at radius 1 is 1.15 bits per heavy atom. The van der Waals surface area contributed by atoms with Crippen LogP contribution in [0.25, 0.3) is 0 Å². The molecule has 1 aromatic carbocycles. The minimum Gasteiger partial charge on any atom is -0.322 e. The van der Waals surface area contributed by atoms with Gasteiger partial charge < -0.3 is 5.73 Å². The van der Waals surface area contributed by atoms with Gasteiger partial charge in [-0.05, 0) is 29.5 Å². The fraction of sp³-hybridized carbons (Fsp3) is 0.312. The van der Waals surface area contributed by atoms with Gasteiger partial charge in [-0.1, -0.05) is 61.3 Å². The second-order valence-electron chi connectivity index (χ2n) is 5.23. The molecule has 0 aliphatic carbocycles. The van der Waals surface area contributed by atoms with Crippen molar-refractivity contribution in [1.82, 2.24) is 4.98 Å². The number of pyridine rings is 1. The van der Waals surface area contributed by atoms with E-state index in [-0.39, 0.29) is 6.04 Å². The normalized spacial score (nSPS) is 12.7. The van der Waals surface area contributed by atoms with Crippen molar-refractivity contribution in [1.29, 1.82) is 0 Å². The fourth-order valence-corrected chi connectivity index (χ4v) is 2.61. The van der Waals surface area contributed by atoms with Crippen molar-refractivity contribution >= 4 is 23.2 Å². The van der Waals surface area contributed by atoms with Gasteiger partial charge in [0.1, 0.15) is 0 Å². The summed E-state index contributed by atoms with van der Waals surface area (Å²) in [6.07, 6.45) is 2.28. The van der Waals surface area contributed by atoms with Crippen LogP contribution >= 0.6 is 23.2 Å². The molecular weight excluding hydrogens is 291 g/mol. The zero-order valence-electron chi connectivity index (χ0n) is 11.6. The van der Waals surface area contributed by atoms with Crippen LogP contribution in [0.4, 0.5) is 0 Å². The standard InChI is InChI=1S/C16H18Cl2N2/c1-10(2)12-5-3-11(4-6-12)7-15(19)16-14(18)8-13(17)9-20-16/h3-6,8-10,15H,7,19H2,1-2H3. The summed E-state index contributed by atoms with van der Waals surface area (Å²) in [6, 6.07) is 9.95. The highest BCUT2D eigenvalue weighted by Gasteiger charge is 2.13. The van der Waals surface area contributed by atoms with E-state index in [1.54, 1.807) is 12.3 Å². The molecule has 0 aliphatic rings. The van der Waals surface area contributed by atoms with E-state index in [1.807, 2.05) is 0 Å². The highest BCUT2D eigenvalue weighted by atomic mass is 35.5. The van der Waals surface area contributed by atoms with Gasteiger partial charge in [-0.2, -0.15) is 0 Å². The van der Waals surface area contributed by atoms with E-state index in [0.717, 1.165) is 0 Å². The van der Waals surface area contributed by atoms with Crippen LogP contribution in [0.5, 0.6) is 0 Å². The number of nitrogens with zero attached hydrogens (tertiary/aromatic N) is 1. The van der Waals surface area contributed by atoms with Gasteiger partial charge in [0.05, 0.1) is 21.8 Å². The lowest BCUT2D eigenvalue weighted by Gasteiger charge is -2.14. The van der Waals surface area contributed by atoms with Crippen LogP contribution in [0, 0.1) is 0 Å². The molecule has 4 heteroatoms. The second-order valence-corrected chi connectivity index (χ2v) is 6.07. The highest BCUT2D eigenvalue weighted by Crippen LogP contribution is 2.25. The summed E-state index contributed by atoms with van der Waals surface area (Å²) >= 11 is 12.0.